The maximum absolute atomic E-state index is 11.8. The Bertz CT molecular complexity index is 572. The first kappa shape index (κ1) is 12.2. The number of ether oxygens (including phenoxy) is 1. The van der Waals surface area contributed by atoms with Gasteiger partial charge in [0.2, 0.25) is 0 Å². The molecule has 2 aromatic rings. The molecule has 0 aliphatic heterocycles. The van der Waals surface area contributed by atoms with E-state index in [0.29, 0.717) is 5.69 Å². The highest BCUT2D eigenvalue weighted by molar-refractivity contribution is 9.10. The van der Waals surface area contributed by atoms with Crippen molar-refractivity contribution >= 4 is 32.8 Å². The van der Waals surface area contributed by atoms with Crippen molar-refractivity contribution in [3.05, 3.63) is 34.4 Å². The van der Waals surface area contributed by atoms with E-state index in [1.54, 1.807) is 0 Å². The first-order chi connectivity index (χ1) is 8.06. The maximum atomic E-state index is 11.8. The number of carbonyl (C=O) groups is 1. The summed E-state index contributed by atoms with van der Waals surface area (Å²) < 4.78 is 7.80. The SMILES string of the molecule is COC(=O)c1cc2c(Br)cccc2n1C(C)C. The van der Waals surface area contributed by atoms with E-state index in [4.69, 9.17) is 4.74 Å². The van der Waals surface area contributed by atoms with E-state index in [1.165, 1.54) is 7.11 Å². The lowest BCUT2D eigenvalue weighted by Gasteiger charge is -2.13. The number of esters is 1. The Hall–Kier alpha value is -1.29. The molecule has 0 atom stereocenters. The van der Waals surface area contributed by atoms with Crippen LogP contribution in [0.5, 0.6) is 0 Å². The standard InChI is InChI=1S/C13H14BrNO2/c1-8(2)15-11-6-4-5-10(14)9(11)7-12(15)13(16)17-3/h4-8H,1-3H3. The summed E-state index contributed by atoms with van der Waals surface area (Å²) in [7, 11) is 1.40. The maximum Gasteiger partial charge on any atom is 0.354 e. The van der Waals surface area contributed by atoms with Crippen LogP contribution in [0, 0.1) is 0 Å². The number of carbonyl (C=O) groups excluding carboxylic acids is 1. The van der Waals surface area contributed by atoms with Crippen LogP contribution in [0.4, 0.5) is 0 Å². The zero-order valence-electron chi connectivity index (χ0n) is 10.0. The highest BCUT2D eigenvalue weighted by Gasteiger charge is 2.18. The number of aromatic nitrogens is 1. The lowest BCUT2D eigenvalue weighted by Crippen LogP contribution is -2.12. The topological polar surface area (TPSA) is 31.2 Å². The lowest BCUT2D eigenvalue weighted by atomic mass is 10.2. The molecule has 0 amide bonds. The van der Waals surface area contributed by atoms with Gasteiger partial charge in [-0.2, -0.15) is 0 Å². The Balaban J connectivity index is 2.79. The van der Waals surface area contributed by atoms with E-state index < -0.39 is 0 Å². The van der Waals surface area contributed by atoms with E-state index in [-0.39, 0.29) is 12.0 Å². The minimum atomic E-state index is -0.304. The van der Waals surface area contributed by atoms with Crippen LogP contribution in [-0.4, -0.2) is 17.6 Å². The van der Waals surface area contributed by atoms with Crippen molar-refractivity contribution in [1.29, 1.82) is 0 Å². The highest BCUT2D eigenvalue weighted by Crippen LogP contribution is 2.30. The molecule has 0 aliphatic carbocycles. The van der Waals surface area contributed by atoms with Crippen LogP contribution in [-0.2, 0) is 4.74 Å². The second-order valence-corrected chi connectivity index (χ2v) is 5.01. The Morgan fingerprint density at radius 2 is 2.12 bits per heavy atom. The number of hydrogen-bond acceptors (Lipinski definition) is 2. The summed E-state index contributed by atoms with van der Waals surface area (Å²) in [5, 5.41) is 1.03. The molecule has 4 heteroatoms. The number of fused-ring (bicyclic) bond motifs is 1. The van der Waals surface area contributed by atoms with Crippen molar-refractivity contribution in [3.63, 3.8) is 0 Å². The van der Waals surface area contributed by atoms with E-state index in [9.17, 15) is 4.79 Å². The van der Waals surface area contributed by atoms with Crippen molar-refractivity contribution in [2.75, 3.05) is 7.11 Å². The number of halogens is 1. The fourth-order valence-corrected chi connectivity index (χ4v) is 2.50. The fraction of sp³-hybridized carbons (Fsp3) is 0.308. The molecule has 1 aromatic carbocycles. The number of methoxy groups -OCH3 is 1. The Morgan fingerprint density at radius 1 is 1.41 bits per heavy atom. The average molecular weight is 296 g/mol. The number of hydrogen-bond donors (Lipinski definition) is 0. The second-order valence-electron chi connectivity index (χ2n) is 4.16. The monoisotopic (exact) mass is 295 g/mol. The van der Waals surface area contributed by atoms with Crippen LogP contribution in [0.3, 0.4) is 0 Å². The molecule has 0 N–H and O–H groups in total. The van der Waals surface area contributed by atoms with Gasteiger partial charge < -0.3 is 9.30 Å². The number of benzene rings is 1. The predicted octanol–water partition coefficient (Wildman–Crippen LogP) is 3.77. The van der Waals surface area contributed by atoms with Gasteiger partial charge in [0.25, 0.3) is 0 Å². The number of rotatable bonds is 2. The molecule has 1 heterocycles. The van der Waals surface area contributed by atoms with E-state index in [2.05, 4.69) is 15.9 Å². The third-order valence-corrected chi connectivity index (χ3v) is 3.43. The molecular formula is C13H14BrNO2. The zero-order valence-corrected chi connectivity index (χ0v) is 11.6. The molecule has 17 heavy (non-hydrogen) atoms. The minimum absolute atomic E-state index is 0.205. The molecule has 90 valence electrons. The van der Waals surface area contributed by atoms with E-state index >= 15 is 0 Å². The van der Waals surface area contributed by atoms with Gasteiger partial charge in [-0.1, -0.05) is 22.0 Å². The summed E-state index contributed by atoms with van der Waals surface area (Å²) in [5.41, 5.74) is 1.62. The summed E-state index contributed by atoms with van der Waals surface area (Å²) in [6.45, 7) is 4.10. The van der Waals surface area contributed by atoms with Crippen molar-refractivity contribution in [3.8, 4) is 0 Å². The smallest absolute Gasteiger partial charge is 0.354 e. The normalized spacial score (nSPS) is 11.1. The first-order valence-corrected chi connectivity index (χ1v) is 6.23. The van der Waals surface area contributed by atoms with Crippen LogP contribution >= 0.6 is 15.9 Å². The Labute approximate surface area is 108 Å². The molecule has 0 fully saturated rings. The van der Waals surface area contributed by atoms with Crippen molar-refractivity contribution < 1.29 is 9.53 Å². The third kappa shape index (κ3) is 1.97. The molecule has 0 spiro atoms. The molecule has 0 aliphatic rings. The summed E-state index contributed by atoms with van der Waals surface area (Å²) in [5.74, 6) is -0.304. The van der Waals surface area contributed by atoms with Crippen LogP contribution < -0.4 is 0 Å². The van der Waals surface area contributed by atoms with E-state index in [0.717, 1.165) is 15.4 Å². The largest absolute Gasteiger partial charge is 0.464 e. The van der Waals surface area contributed by atoms with Crippen LogP contribution in [0.15, 0.2) is 28.7 Å². The van der Waals surface area contributed by atoms with Crippen LogP contribution in [0.25, 0.3) is 10.9 Å². The molecule has 2 rings (SSSR count). The Morgan fingerprint density at radius 3 is 2.71 bits per heavy atom. The summed E-state index contributed by atoms with van der Waals surface area (Å²) in [6.07, 6.45) is 0. The molecule has 0 unspecified atom stereocenters. The van der Waals surface area contributed by atoms with Gasteiger partial charge in [-0.3, -0.25) is 0 Å². The van der Waals surface area contributed by atoms with Crippen molar-refractivity contribution in [1.82, 2.24) is 4.57 Å². The predicted molar refractivity (Wildman–Crippen MR) is 71.4 cm³/mol. The van der Waals surface area contributed by atoms with Crippen LogP contribution in [0.2, 0.25) is 0 Å². The summed E-state index contributed by atoms with van der Waals surface area (Å²) in [6, 6.07) is 8.01. The minimum Gasteiger partial charge on any atom is -0.464 e. The summed E-state index contributed by atoms with van der Waals surface area (Å²) >= 11 is 3.50. The van der Waals surface area contributed by atoms with Gasteiger partial charge in [-0.25, -0.2) is 4.79 Å². The quantitative estimate of drug-likeness (QED) is 0.790. The molecule has 0 saturated carbocycles. The molecule has 1 aromatic heterocycles. The molecule has 0 radical (unpaired) electrons. The van der Waals surface area contributed by atoms with Crippen molar-refractivity contribution in [2.45, 2.75) is 19.9 Å². The van der Waals surface area contributed by atoms with Gasteiger partial charge >= 0.3 is 5.97 Å². The van der Waals surface area contributed by atoms with E-state index in [1.807, 2.05) is 42.7 Å². The van der Waals surface area contributed by atoms with Gasteiger partial charge in [0.05, 0.1) is 12.6 Å². The molecular weight excluding hydrogens is 282 g/mol. The molecule has 0 bridgehead atoms. The fourth-order valence-electron chi connectivity index (χ4n) is 2.03. The lowest BCUT2D eigenvalue weighted by molar-refractivity contribution is 0.0587. The van der Waals surface area contributed by atoms with Crippen molar-refractivity contribution in [2.24, 2.45) is 0 Å². The van der Waals surface area contributed by atoms with Gasteiger partial charge in [0.1, 0.15) is 5.69 Å². The third-order valence-electron chi connectivity index (χ3n) is 2.74. The van der Waals surface area contributed by atoms with Gasteiger partial charge in [-0.05, 0) is 32.0 Å². The first-order valence-electron chi connectivity index (χ1n) is 5.44. The zero-order chi connectivity index (χ0) is 12.6. The summed E-state index contributed by atoms with van der Waals surface area (Å²) in [4.78, 5) is 11.8. The second kappa shape index (κ2) is 4.53. The van der Waals surface area contributed by atoms with Gasteiger partial charge in [0, 0.05) is 15.9 Å². The highest BCUT2D eigenvalue weighted by atomic mass is 79.9. The Kier molecular flexibility index (Phi) is 3.24. The van der Waals surface area contributed by atoms with Gasteiger partial charge in [-0.15, -0.1) is 0 Å². The molecule has 3 nitrogen and oxygen atoms in total. The van der Waals surface area contributed by atoms with Gasteiger partial charge in [0.15, 0.2) is 0 Å². The molecule has 0 saturated heterocycles. The van der Waals surface area contributed by atoms with Crippen LogP contribution in [0.1, 0.15) is 30.4 Å². The average Bonchev–Trinajstić information content (AvgIpc) is 2.68. The number of nitrogens with zero attached hydrogens (tertiary/aromatic N) is 1.